The number of hydrogen-bond donors (Lipinski definition) is 0. The van der Waals surface area contributed by atoms with Crippen LogP contribution in [0, 0.1) is 0 Å². The summed E-state index contributed by atoms with van der Waals surface area (Å²) in [5, 5.41) is 0. The second-order valence-electron chi connectivity index (χ2n) is 9.19. The van der Waals surface area contributed by atoms with Crippen LogP contribution in [0.2, 0.25) is 0 Å². The van der Waals surface area contributed by atoms with Crippen LogP contribution in [0.3, 0.4) is 0 Å². The first-order valence-corrected chi connectivity index (χ1v) is 13.1. The van der Waals surface area contributed by atoms with Gasteiger partial charge >= 0.3 is 11.9 Å². The minimum atomic E-state index is -0.381. The van der Waals surface area contributed by atoms with Gasteiger partial charge in [-0.1, -0.05) is 0 Å². The number of carbonyl (C=O) groups excluding carboxylic acids is 2. The molecule has 3 saturated heterocycles. The Morgan fingerprint density at radius 1 is 0.568 bits per heavy atom. The predicted octanol–water partition coefficient (Wildman–Crippen LogP) is 0.175. The molecule has 13 heteroatoms. The number of ether oxygens (including phenoxy) is 8. The molecule has 0 spiro atoms. The molecule has 3 heterocycles. The molecule has 3 fully saturated rings. The van der Waals surface area contributed by atoms with Crippen molar-refractivity contribution in [3.05, 3.63) is 0 Å². The molecule has 13 nitrogen and oxygen atoms in total. The maximum Gasteiger partial charge on any atom is 0.320 e. The van der Waals surface area contributed by atoms with E-state index in [1.54, 1.807) is 18.7 Å². The van der Waals surface area contributed by atoms with E-state index in [-0.39, 0.29) is 76.0 Å². The van der Waals surface area contributed by atoms with Crippen molar-refractivity contribution < 1.29 is 47.5 Å². The fourth-order valence-electron chi connectivity index (χ4n) is 4.31. The highest BCUT2D eigenvalue weighted by molar-refractivity contribution is 5.75. The Hall–Kier alpha value is -1.42. The highest BCUT2D eigenvalue weighted by atomic mass is 16.9. The van der Waals surface area contributed by atoms with Gasteiger partial charge in [-0.2, -0.15) is 0 Å². The summed E-state index contributed by atoms with van der Waals surface area (Å²) in [5.41, 5.74) is 0. The summed E-state index contributed by atoms with van der Waals surface area (Å²) < 4.78 is 44.0. The van der Waals surface area contributed by atoms with Gasteiger partial charge in [0.1, 0.15) is 0 Å². The van der Waals surface area contributed by atoms with Gasteiger partial charge in [0, 0.05) is 32.7 Å². The van der Waals surface area contributed by atoms with Crippen LogP contribution in [-0.4, -0.2) is 136 Å². The predicted molar refractivity (Wildman–Crippen MR) is 129 cm³/mol. The van der Waals surface area contributed by atoms with Crippen LogP contribution >= 0.6 is 0 Å². The molecule has 3 rings (SSSR count). The van der Waals surface area contributed by atoms with Crippen LogP contribution in [0.15, 0.2) is 0 Å². The largest absolute Gasteiger partial charge is 0.465 e. The molecule has 0 aromatic rings. The van der Waals surface area contributed by atoms with Crippen molar-refractivity contribution in [2.45, 2.75) is 72.4 Å². The first-order chi connectivity index (χ1) is 17.7. The van der Waals surface area contributed by atoms with E-state index < -0.39 is 0 Å². The standard InChI is InChI=1S/C24H43N3O10/c1-6-30-20(28)12-26(13-21(29)31-7-2)10-8-25(14-22-32-17(3)33-22)9-11-27(15-23-34-18(4)35-23)16-24-36-19(5)37-24/h17-19,22-24H,6-16H2,1-5H3. The third-order valence-electron chi connectivity index (χ3n) is 6.06. The van der Waals surface area contributed by atoms with Crippen molar-refractivity contribution in [2.75, 3.05) is 72.1 Å². The third-order valence-corrected chi connectivity index (χ3v) is 6.06. The Labute approximate surface area is 219 Å². The molecule has 0 aromatic heterocycles. The van der Waals surface area contributed by atoms with Gasteiger partial charge in [0.2, 0.25) is 0 Å². The van der Waals surface area contributed by atoms with E-state index in [1.807, 2.05) is 20.8 Å². The summed E-state index contributed by atoms with van der Waals surface area (Å²) in [6.45, 7) is 13.8. The molecule has 0 amide bonds. The average molecular weight is 534 g/mol. The Balaban J connectivity index is 1.56. The fourth-order valence-corrected chi connectivity index (χ4v) is 4.31. The van der Waals surface area contributed by atoms with E-state index in [9.17, 15) is 9.59 Å². The van der Waals surface area contributed by atoms with Crippen LogP contribution < -0.4 is 0 Å². The summed E-state index contributed by atoms with van der Waals surface area (Å²) in [4.78, 5) is 30.3. The fraction of sp³-hybridized carbons (Fsp3) is 0.917. The van der Waals surface area contributed by atoms with Gasteiger partial charge in [0.25, 0.3) is 0 Å². The smallest absolute Gasteiger partial charge is 0.320 e. The highest BCUT2D eigenvalue weighted by Gasteiger charge is 2.34. The number of hydrogen-bond acceptors (Lipinski definition) is 13. The summed E-state index contributed by atoms with van der Waals surface area (Å²) in [5.74, 6) is -0.762. The Morgan fingerprint density at radius 3 is 1.24 bits per heavy atom. The summed E-state index contributed by atoms with van der Waals surface area (Å²) >= 11 is 0. The molecule has 0 unspecified atom stereocenters. The molecule has 0 aromatic carbocycles. The van der Waals surface area contributed by atoms with Crippen molar-refractivity contribution in [3.63, 3.8) is 0 Å². The normalized spacial score (nSPS) is 29.1. The SMILES string of the molecule is CCOC(=O)CN(CCN(CCN(CC1OC(C)O1)CC1OC(C)O1)CC1OC(C)O1)CC(=O)OCC. The van der Waals surface area contributed by atoms with E-state index in [4.69, 9.17) is 37.9 Å². The molecule has 0 N–H and O–H groups in total. The first-order valence-electron chi connectivity index (χ1n) is 13.1. The molecule has 0 radical (unpaired) electrons. The van der Waals surface area contributed by atoms with Crippen LogP contribution in [0.25, 0.3) is 0 Å². The summed E-state index contributed by atoms with van der Waals surface area (Å²) in [6.07, 6.45) is -1.52. The van der Waals surface area contributed by atoms with Gasteiger partial charge < -0.3 is 37.9 Å². The second kappa shape index (κ2) is 15.2. The highest BCUT2D eigenvalue weighted by Crippen LogP contribution is 2.21. The van der Waals surface area contributed by atoms with Gasteiger partial charge in [0.15, 0.2) is 37.7 Å². The summed E-state index contributed by atoms with van der Waals surface area (Å²) in [7, 11) is 0. The molecular weight excluding hydrogens is 490 g/mol. The van der Waals surface area contributed by atoms with Crippen LogP contribution in [0.4, 0.5) is 0 Å². The molecule has 3 aliphatic rings. The van der Waals surface area contributed by atoms with Gasteiger partial charge in [-0.05, 0) is 34.6 Å². The first kappa shape index (κ1) is 30.1. The third kappa shape index (κ3) is 10.7. The van der Waals surface area contributed by atoms with E-state index >= 15 is 0 Å². The lowest BCUT2D eigenvalue weighted by atomic mass is 10.3. The van der Waals surface area contributed by atoms with E-state index in [2.05, 4.69) is 9.80 Å². The van der Waals surface area contributed by atoms with E-state index in [1.165, 1.54) is 0 Å². The number of esters is 2. The number of nitrogens with zero attached hydrogens (tertiary/aromatic N) is 3. The molecule has 0 bridgehead atoms. The van der Waals surface area contributed by atoms with E-state index in [0.717, 1.165) is 0 Å². The van der Waals surface area contributed by atoms with Crippen molar-refractivity contribution >= 4 is 11.9 Å². The maximum absolute atomic E-state index is 12.1. The number of carbonyl (C=O) groups is 2. The minimum absolute atomic E-state index is 0.00314. The molecule has 214 valence electrons. The summed E-state index contributed by atoms with van der Waals surface area (Å²) in [6, 6.07) is 0. The second-order valence-corrected chi connectivity index (χ2v) is 9.19. The molecular formula is C24H43N3O10. The van der Waals surface area contributed by atoms with Crippen molar-refractivity contribution in [1.29, 1.82) is 0 Å². The zero-order chi connectivity index (χ0) is 26.8. The Bertz CT molecular complexity index is 658. The average Bonchev–Trinajstić information content (AvgIpc) is 2.77. The van der Waals surface area contributed by atoms with Crippen molar-refractivity contribution in [2.24, 2.45) is 0 Å². The Kier molecular flexibility index (Phi) is 12.4. The zero-order valence-electron chi connectivity index (χ0n) is 22.7. The van der Waals surface area contributed by atoms with Gasteiger partial charge in [0.05, 0.1) is 39.4 Å². The lowest BCUT2D eigenvalue weighted by Crippen LogP contribution is -2.54. The topological polar surface area (TPSA) is 118 Å². The van der Waals surface area contributed by atoms with Crippen LogP contribution in [-0.2, 0) is 47.5 Å². The lowest BCUT2D eigenvalue weighted by Gasteiger charge is -2.42. The molecule has 0 atom stereocenters. The van der Waals surface area contributed by atoms with Crippen molar-refractivity contribution in [1.82, 2.24) is 14.7 Å². The van der Waals surface area contributed by atoms with Gasteiger partial charge in [-0.15, -0.1) is 0 Å². The molecule has 0 saturated carbocycles. The molecule has 3 aliphatic heterocycles. The molecule has 0 aliphatic carbocycles. The maximum atomic E-state index is 12.1. The van der Waals surface area contributed by atoms with Crippen molar-refractivity contribution in [3.8, 4) is 0 Å². The lowest BCUT2D eigenvalue weighted by molar-refractivity contribution is -0.391. The van der Waals surface area contributed by atoms with Gasteiger partial charge in [-0.3, -0.25) is 24.3 Å². The van der Waals surface area contributed by atoms with Crippen LogP contribution in [0.1, 0.15) is 34.6 Å². The van der Waals surface area contributed by atoms with E-state index in [0.29, 0.717) is 45.8 Å². The monoisotopic (exact) mass is 533 g/mol. The zero-order valence-corrected chi connectivity index (χ0v) is 22.7. The minimum Gasteiger partial charge on any atom is -0.465 e. The molecule has 37 heavy (non-hydrogen) atoms. The van der Waals surface area contributed by atoms with Crippen LogP contribution in [0.5, 0.6) is 0 Å². The quantitative estimate of drug-likeness (QED) is 0.223. The Morgan fingerprint density at radius 2 is 0.892 bits per heavy atom. The van der Waals surface area contributed by atoms with Gasteiger partial charge in [-0.25, -0.2) is 0 Å². The number of rotatable bonds is 18.